The molecule has 2 aromatic rings. The number of rotatable bonds is 7. The first kappa shape index (κ1) is 19.4. The highest BCUT2D eigenvalue weighted by molar-refractivity contribution is 7.89. The van der Waals surface area contributed by atoms with Gasteiger partial charge in [-0.15, -0.1) is 11.3 Å². The lowest BCUT2D eigenvalue weighted by Gasteiger charge is -2.36. The van der Waals surface area contributed by atoms with Crippen molar-refractivity contribution in [1.82, 2.24) is 4.72 Å². The standard InChI is InChI=1S/C20H27NO3S2/c1-3-16-9-10-17(24-2)18(14-16)26(22,23)21-15-20(11-5-4-6-12-20)19-8-7-13-25-19/h7-10,13-14,21H,3-6,11-12,15H2,1-2H3. The van der Waals surface area contributed by atoms with E-state index in [0.717, 1.165) is 37.7 Å². The van der Waals surface area contributed by atoms with Crippen LogP contribution in [0.1, 0.15) is 49.5 Å². The lowest BCUT2D eigenvalue weighted by atomic mass is 9.73. The number of benzene rings is 1. The molecule has 0 spiro atoms. The van der Waals surface area contributed by atoms with Crippen LogP contribution in [0.3, 0.4) is 0 Å². The molecule has 0 aliphatic heterocycles. The van der Waals surface area contributed by atoms with Crippen molar-refractivity contribution < 1.29 is 13.2 Å². The summed E-state index contributed by atoms with van der Waals surface area (Å²) >= 11 is 1.73. The monoisotopic (exact) mass is 393 g/mol. The van der Waals surface area contributed by atoms with Crippen molar-refractivity contribution in [3.8, 4) is 5.75 Å². The Morgan fingerprint density at radius 3 is 2.58 bits per heavy atom. The quantitative estimate of drug-likeness (QED) is 0.753. The van der Waals surface area contributed by atoms with E-state index in [2.05, 4.69) is 22.2 Å². The molecule has 1 N–H and O–H groups in total. The van der Waals surface area contributed by atoms with Gasteiger partial charge in [-0.25, -0.2) is 13.1 Å². The molecule has 1 saturated carbocycles. The van der Waals surface area contributed by atoms with Crippen LogP contribution < -0.4 is 9.46 Å². The summed E-state index contributed by atoms with van der Waals surface area (Å²) in [6.07, 6.45) is 6.37. The smallest absolute Gasteiger partial charge is 0.244 e. The second kappa shape index (κ2) is 8.11. The van der Waals surface area contributed by atoms with Gasteiger partial charge < -0.3 is 4.74 Å². The van der Waals surface area contributed by atoms with Crippen molar-refractivity contribution in [3.63, 3.8) is 0 Å². The molecule has 0 saturated heterocycles. The fourth-order valence-electron chi connectivity index (χ4n) is 3.78. The fourth-order valence-corrected chi connectivity index (χ4v) is 6.11. The third kappa shape index (κ3) is 3.97. The number of ether oxygens (including phenoxy) is 1. The summed E-state index contributed by atoms with van der Waals surface area (Å²) in [5, 5.41) is 2.08. The van der Waals surface area contributed by atoms with Crippen LogP contribution in [0.4, 0.5) is 0 Å². The summed E-state index contributed by atoms with van der Waals surface area (Å²) < 4.78 is 34.3. The minimum atomic E-state index is -3.63. The number of hydrogen-bond donors (Lipinski definition) is 1. The van der Waals surface area contributed by atoms with Gasteiger partial charge in [-0.05, 0) is 48.4 Å². The fraction of sp³-hybridized carbons (Fsp3) is 0.500. The summed E-state index contributed by atoms with van der Waals surface area (Å²) in [6.45, 7) is 2.45. The van der Waals surface area contributed by atoms with Crippen molar-refractivity contribution in [3.05, 3.63) is 46.2 Å². The van der Waals surface area contributed by atoms with Crippen LogP contribution >= 0.6 is 11.3 Å². The molecule has 1 fully saturated rings. The van der Waals surface area contributed by atoms with E-state index >= 15 is 0 Å². The maximum atomic E-state index is 13.0. The van der Waals surface area contributed by atoms with Crippen molar-refractivity contribution in [2.24, 2.45) is 0 Å². The van der Waals surface area contributed by atoms with E-state index in [1.807, 2.05) is 13.0 Å². The SMILES string of the molecule is CCc1ccc(OC)c(S(=O)(=O)NCC2(c3cccs3)CCCCC2)c1. The third-order valence-corrected chi connectivity index (χ3v) is 7.92. The van der Waals surface area contributed by atoms with Crippen molar-refractivity contribution in [2.75, 3.05) is 13.7 Å². The lowest BCUT2D eigenvalue weighted by molar-refractivity contribution is 0.298. The third-order valence-electron chi connectivity index (χ3n) is 5.38. The highest BCUT2D eigenvalue weighted by Crippen LogP contribution is 2.41. The van der Waals surface area contributed by atoms with E-state index in [1.165, 1.54) is 18.4 Å². The molecule has 0 radical (unpaired) electrons. The van der Waals surface area contributed by atoms with Crippen LogP contribution in [-0.4, -0.2) is 22.1 Å². The van der Waals surface area contributed by atoms with Gasteiger partial charge in [0.25, 0.3) is 0 Å². The van der Waals surface area contributed by atoms with Gasteiger partial charge >= 0.3 is 0 Å². The summed E-state index contributed by atoms with van der Waals surface area (Å²) in [7, 11) is -2.13. The Balaban J connectivity index is 1.87. The molecule has 1 aromatic heterocycles. The van der Waals surface area contributed by atoms with Crippen molar-refractivity contribution in [1.29, 1.82) is 0 Å². The first-order valence-electron chi connectivity index (χ1n) is 9.21. The van der Waals surface area contributed by atoms with E-state index in [0.29, 0.717) is 12.3 Å². The first-order chi connectivity index (χ1) is 12.5. The predicted molar refractivity (Wildman–Crippen MR) is 107 cm³/mol. The van der Waals surface area contributed by atoms with Crippen LogP contribution in [0.5, 0.6) is 5.75 Å². The Bertz CT molecular complexity index is 823. The van der Waals surface area contributed by atoms with Crippen LogP contribution in [0, 0.1) is 0 Å². The van der Waals surface area contributed by atoms with Crippen molar-refractivity contribution in [2.45, 2.75) is 55.8 Å². The average molecular weight is 394 g/mol. The Hall–Kier alpha value is -1.37. The largest absolute Gasteiger partial charge is 0.495 e. The molecule has 1 aliphatic carbocycles. The molecule has 0 bridgehead atoms. The summed E-state index contributed by atoms with van der Waals surface area (Å²) in [5.74, 6) is 0.392. The normalized spacial score (nSPS) is 17.2. The zero-order valence-corrected chi connectivity index (χ0v) is 17.1. The van der Waals surface area contributed by atoms with Gasteiger partial charge in [0, 0.05) is 16.8 Å². The van der Waals surface area contributed by atoms with Crippen LogP contribution in [0.15, 0.2) is 40.6 Å². The summed E-state index contributed by atoms with van der Waals surface area (Å²) in [4.78, 5) is 1.52. The highest BCUT2D eigenvalue weighted by Gasteiger charge is 2.36. The van der Waals surface area contributed by atoms with Gasteiger partial charge in [0.05, 0.1) is 7.11 Å². The molecule has 26 heavy (non-hydrogen) atoms. The summed E-state index contributed by atoms with van der Waals surface area (Å²) in [5.41, 5.74) is 0.895. The Morgan fingerprint density at radius 2 is 1.96 bits per heavy atom. The molecule has 0 amide bonds. The number of sulfonamides is 1. The second-order valence-electron chi connectivity index (χ2n) is 6.98. The number of hydrogen-bond acceptors (Lipinski definition) is 4. The molecule has 1 aromatic carbocycles. The minimum Gasteiger partial charge on any atom is -0.495 e. The van der Waals surface area contributed by atoms with Crippen LogP contribution in [0.2, 0.25) is 0 Å². The van der Waals surface area contributed by atoms with Gasteiger partial charge in [-0.3, -0.25) is 0 Å². The Kier molecular flexibility index (Phi) is 6.05. The van der Waals surface area contributed by atoms with E-state index < -0.39 is 10.0 Å². The Labute approximate surface area is 160 Å². The number of nitrogens with one attached hydrogen (secondary N) is 1. The molecule has 6 heteroatoms. The molecule has 0 unspecified atom stereocenters. The van der Waals surface area contributed by atoms with Gasteiger partial charge in [0.1, 0.15) is 10.6 Å². The van der Waals surface area contributed by atoms with E-state index in [-0.39, 0.29) is 10.3 Å². The molecule has 0 atom stereocenters. The number of methoxy groups -OCH3 is 1. The van der Waals surface area contributed by atoms with Gasteiger partial charge in [0.2, 0.25) is 10.0 Å². The molecule has 142 valence electrons. The predicted octanol–water partition coefficient (Wildman–Crippen LogP) is 4.50. The second-order valence-corrected chi connectivity index (χ2v) is 9.66. The van der Waals surface area contributed by atoms with Crippen molar-refractivity contribution >= 4 is 21.4 Å². The van der Waals surface area contributed by atoms with E-state index in [9.17, 15) is 8.42 Å². The number of aryl methyl sites for hydroxylation is 1. The van der Waals surface area contributed by atoms with Crippen LogP contribution in [0.25, 0.3) is 0 Å². The van der Waals surface area contributed by atoms with E-state index in [1.54, 1.807) is 23.5 Å². The molecular formula is C20H27NO3S2. The zero-order chi connectivity index (χ0) is 18.6. The van der Waals surface area contributed by atoms with Gasteiger partial charge in [0.15, 0.2) is 0 Å². The Morgan fingerprint density at radius 1 is 1.19 bits per heavy atom. The maximum absolute atomic E-state index is 13.0. The number of thiophene rings is 1. The minimum absolute atomic E-state index is 0.0882. The molecule has 4 nitrogen and oxygen atoms in total. The molecular weight excluding hydrogens is 366 g/mol. The van der Waals surface area contributed by atoms with Gasteiger partial charge in [-0.2, -0.15) is 0 Å². The average Bonchev–Trinajstić information content (AvgIpc) is 3.22. The molecule has 3 rings (SSSR count). The topological polar surface area (TPSA) is 55.4 Å². The van der Waals surface area contributed by atoms with Crippen LogP contribution in [-0.2, 0) is 21.9 Å². The zero-order valence-electron chi connectivity index (χ0n) is 15.5. The molecule has 1 heterocycles. The lowest BCUT2D eigenvalue weighted by Crippen LogP contribution is -2.41. The maximum Gasteiger partial charge on any atom is 0.244 e. The van der Waals surface area contributed by atoms with Gasteiger partial charge in [-0.1, -0.05) is 38.3 Å². The highest BCUT2D eigenvalue weighted by atomic mass is 32.2. The summed E-state index contributed by atoms with van der Waals surface area (Å²) in [6, 6.07) is 9.57. The molecule has 1 aliphatic rings. The van der Waals surface area contributed by atoms with E-state index in [4.69, 9.17) is 4.74 Å². The first-order valence-corrected chi connectivity index (χ1v) is 11.6.